The lowest BCUT2D eigenvalue weighted by Gasteiger charge is -2.33. The van der Waals surface area contributed by atoms with Crippen LogP contribution in [-0.4, -0.2) is 42.9 Å². The van der Waals surface area contributed by atoms with E-state index in [1.54, 1.807) is 42.5 Å². The maximum absolute atomic E-state index is 12.7. The standard InChI is InChI=1S/C45H34O10/c46-40(30-4-2-1-3-5-30)21-8-27-6-13-31(14-7-27)51-22-23-52-32-15-9-28(10-16-32)29-11-17-33(18-12-29)53-34-19-20-35-36(38-26-41(47)54-43(38)48)25-39-42(37(35)24-34)45(50)55-44(39)49/h1-21,24,36,38-39,42H,22-23,25-26H2. The van der Waals surface area contributed by atoms with Gasteiger partial charge in [0.15, 0.2) is 5.78 Å². The van der Waals surface area contributed by atoms with Gasteiger partial charge in [-0.15, -0.1) is 0 Å². The van der Waals surface area contributed by atoms with E-state index in [4.69, 9.17) is 23.7 Å². The Hall–Kier alpha value is -6.81. The molecule has 10 nitrogen and oxygen atoms in total. The highest BCUT2D eigenvalue weighted by molar-refractivity contribution is 6.06. The van der Waals surface area contributed by atoms with Crippen LogP contribution in [0.3, 0.4) is 0 Å². The van der Waals surface area contributed by atoms with Crippen molar-refractivity contribution >= 4 is 35.7 Å². The molecular formula is C45H34O10. The van der Waals surface area contributed by atoms with Crippen LogP contribution in [0.25, 0.3) is 17.2 Å². The number of cyclic esters (lactones) is 4. The zero-order valence-electron chi connectivity index (χ0n) is 29.4. The van der Waals surface area contributed by atoms with Gasteiger partial charge in [-0.05, 0) is 94.8 Å². The number of hydrogen-bond donors (Lipinski definition) is 0. The summed E-state index contributed by atoms with van der Waals surface area (Å²) in [5.74, 6) is -2.84. The molecule has 0 amide bonds. The van der Waals surface area contributed by atoms with Crippen molar-refractivity contribution < 1.29 is 47.7 Å². The molecule has 2 fully saturated rings. The second-order valence-electron chi connectivity index (χ2n) is 13.5. The van der Waals surface area contributed by atoms with Gasteiger partial charge in [-0.2, -0.15) is 0 Å². The van der Waals surface area contributed by atoms with Gasteiger partial charge < -0.3 is 23.7 Å². The van der Waals surface area contributed by atoms with Gasteiger partial charge in [0.1, 0.15) is 36.2 Å². The number of ether oxygens (including phenoxy) is 5. The molecule has 2 saturated heterocycles. The first kappa shape index (κ1) is 35.2. The maximum Gasteiger partial charge on any atom is 0.321 e. The quantitative estimate of drug-likeness (QED) is 0.0410. The normalized spacial score (nSPS) is 20.1. The molecule has 3 aliphatic rings. The number of carbonyl (C=O) groups excluding carboxylic acids is 5. The van der Waals surface area contributed by atoms with Gasteiger partial charge in [0.25, 0.3) is 0 Å². The van der Waals surface area contributed by atoms with Gasteiger partial charge in [-0.3, -0.25) is 24.0 Å². The Morgan fingerprint density at radius 3 is 1.84 bits per heavy atom. The largest absolute Gasteiger partial charge is 0.490 e. The van der Waals surface area contributed by atoms with E-state index in [0.29, 0.717) is 52.9 Å². The molecule has 0 aromatic heterocycles. The Bertz CT molecular complexity index is 2290. The van der Waals surface area contributed by atoms with Crippen LogP contribution >= 0.6 is 0 Å². The first-order chi connectivity index (χ1) is 26.8. The summed E-state index contributed by atoms with van der Waals surface area (Å²) in [6, 6.07) is 37.1. The first-order valence-electron chi connectivity index (χ1n) is 17.9. The molecule has 2 aliphatic heterocycles. The van der Waals surface area contributed by atoms with E-state index < -0.39 is 47.5 Å². The molecule has 5 aromatic carbocycles. The summed E-state index contributed by atoms with van der Waals surface area (Å²) < 4.78 is 27.7. The van der Waals surface area contributed by atoms with E-state index in [-0.39, 0.29) is 18.6 Å². The van der Waals surface area contributed by atoms with Crippen LogP contribution < -0.4 is 14.2 Å². The lowest BCUT2D eigenvalue weighted by Crippen LogP contribution is -2.31. The fraction of sp³-hybridized carbons (Fsp3) is 0.178. The first-order valence-corrected chi connectivity index (χ1v) is 17.9. The third-order valence-electron chi connectivity index (χ3n) is 10.1. The Morgan fingerprint density at radius 2 is 1.20 bits per heavy atom. The lowest BCUT2D eigenvalue weighted by molar-refractivity contribution is -0.155. The van der Waals surface area contributed by atoms with Crippen molar-refractivity contribution in [2.45, 2.75) is 24.7 Å². The average Bonchev–Trinajstić information content (AvgIpc) is 3.71. The Kier molecular flexibility index (Phi) is 9.78. The fourth-order valence-electron chi connectivity index (χ4n) is 7.38. The van der Waals surface area contributed by atoms with Crippen LogP contribution in [-0.2, 0) is 28.7 Å². The van der Waals surface area contributed by atoms with Gasteiger partial charge in [0.2, 0.25) is 0 Å². The molecule has 274 valence electrons. The number of allylic oxidation sites excluding steroid dienone is 1. The van der Waals surface area contributed by atoms with Crippen molar-refractivity contribution in [3.05, 3.63) is 150 Å². The number of hydrogen-bond acceptors (Lipinski definition) is 10. The molecule has 4 atom stereocenters. The molecule has 2 heterocycles. The van der Waals surface area contributed by atoms with Gasteiger partial charge in [0, 0.05) is 5.56 Å². The lowest BCUT2D eigenvalue weighted by atomic mass is 9.67. The molecule has 0 bridgehead atoms. The smallest absolute Gasteiger partial charge is 0.321 e. The highest BCUT2D eigenvalue weighted by atomic mass is 16.6. The van der Waals surface area contributed by atoms with Crippen LogP contribution in [0.4, 0.5) is 0 Å². The number of fused-ring (bicyclic) bond motifs is 3. The molecule has 0 radical (unpaired) electrons. The molecule has 0 saturated carbocycles. The minimum absolute atomic E-state index is 0.0505. The maximum atomic E-state index is 12.7. The van der Waals surface area contributed by atoms with Crippen molar-refractivity contribution in [2.75, 3.05) is 13.2 Å². The van der Waals surface area contributed by atoms with Gasteiger partial charge in [-0.1, -0.05) is 78.9 Å². The van der Waals surface area contributed by atoms with Gasteiger partial charge >= 0.3 is 23.9 Å². The van der Waals surface area contributed by atoms with E-state index in [1.165, 1.54) is 0 Å². The Morgan fingerprint density at radius 1 is 0.600 bits per heavy atom. The Labute approximate surface area is 316 Å². The molecule has 4 unspecified atom stereocenters. The minimum Gasteiger partial charge on any atom is -0.490 e. The third kappa shape index (κ3) is 7.66. The number of ketones is 1. The molecule has 8 rings (SSSR count). The number of esters is 4. The highest BCUT2D eigenvalue weighted by Gasteiger charge is 2.53. The van der Waals surface area contributed by atoms with E-state index >= 15 is 0 Å². The van der Waals surface area contributed by atoms with Crippen LogP contribution in [0.2, 0.25) is 0 Å². The summed E-state index contributed by atoms with van der Waals surface area (Å²) in [5.41, 5.74) is 4.75. The van der Waals surface area contributed by atoms with E-state index in [0.717, 1.165) is 16.7 Å². The summed E-state index contributed by atoms with van der Waals surface area (Å²) in [6.07, 6.45) is 3.48. The van der Waals surface area contributed by atoms with Crippen molar-refractivity contribution in [3.63, 3.8) is 0 Å². The van der Waals surface area contributed by atoms with Crippen molar-refractivity contribution in [3.8, 4) is 34.1 Å². The molecule has 0 N–H and O–H groups in total. The molecule has 55 heavy (non-hydrogen) atoms. The summed E-state index contributed by atoms with van der Waals surface area (Å²) in [4.78, 5) is 61.9. The topological polar surface area (TPSA) is 132 Å². The monoisotopic (exact) mass is 734 g/mol. The summed E-state index contributed by atoms with van der Waals surface area (Å²) in [7, 11) is 0. The van der Waals surface area contributed by atoms with Crippen molar-refractivity contribution in [2.24, 2.45) is 11.8 Å². The molecule has 10 heteroatoms. The van der Waals surface area contributed by atoms with Gasteiger partial charge in [-0.25, -0.2) is 0 Å². The number of benzene rings is 5. The van der Waals surface area contributed by atoms with E-state index in [9.17, 15) is 24.0 Å². The SMILES string of the molecule is O=C1CC(C2CC3C(=O)OC(=O)C3c3cc(Oc4ccc(-c5ccc(OCCOc6ccc(C=CC(=O)c7ccccc7)cc6)cc5)cc4)ccc32)C(=O)O1. The number of rotatable bonds is 12. The second kappa shape index (κ2) is 15.3. The van der Waals surface area contributed by atoms with Gasteiger partial charge in [0.05, 0.1) is 24.2 Å². The molecule has 0 spiro atoms. The number of carbonyl (C=O) groups is 5. The summed E-state index contributed by atoms with van der Waals surface area (Å²) in [5, 5.41) is 0. The van der Waals surface area contributed by atoms with Crippen LogP contribution in [0.15, 0.2) is 127 Å². The highest BCUT2D eigenvalue weighted by Crippen LogP contribution is 2.52. The minimum atomic E-state index is -0.803. The molecule has 1 aliphatic carbocycles. The van der Waals surface area contributed by atoms with Crippen LogP contribution in [0.1, 0.15) is 51.7 Å². The average molecular weight is 735 g/mol. The van der Waals surface area contributed by atoms with E-state index in [1.807, 2.05) is 91.0 Å². The second-order valence-corrected chi connectivity index (χ2v) is 13.5. The fourth-order valence-corrected chi connectivity index (χ4v) is 7.38. The zero-order chi connectivity index (χ0) is 37.9. The van der Waals surface area contributed by atoms with Crippen molar-refractivity contribution in [1.29, 1.82) is 0 Å². The van der Waals surface area contributed by atoms with Crippen LogP contribution in [0, 0.1) is 11.8 Å². The third-order valence-corrected chi connectivity index (χ3v) is 10.1. The molecular weight excluding hydrogens is 700 g/mol. The van der Waals surface area contributed by atoms with Crippen molar-refractivity contribution in [1.82, 2.24) is 0 Å². The Balaban J connectivity index is 0.846. The predicted molar refractivity (Wildman–Crippen MR) is 200 cm³/mol. The molecule has 5 aromatic rings. The zero-order valence-corrected chi connectivity index (χ0v) is 29.4. The van der Waals surface area contributed by atoms with E-state index in [2.05, 4.69) is 0 Å². The van der Waals surface area contributed by atoms with Crippen LogP contribution in [0.5, 0.6) is 23.0 Å². The summed E-state index contributed by atoms with van der Waals surface area (Å²) in [6.45, 7) is 0.711. The summed E-state index contributed by atoms with van der Waals surface area (Å²) >= 11 is 0. The predicted octanol–water partition coefficient (Wildman–Crippen LogP) is 7.86.